The van der Waals surface area contributed by atoms with Gasteiger partial charge in [0, 0.05) is 39.3 Å². The van der Waals surface area contributed by atoms with Gasteiger partial charge in [-0.15, -0.1) is 0 Å². The molecule has 1 saturated carbocycles. The molecule has 0 aromatic heterocycles. The summed E-state index contributed by atoms with van der Waals surface area (Å²) in [5.74, 6) is 0.912. The van der Waals surface area contributed by atoms with Gasteiger partial charge in [0.25, 0.3) is 0 Å². The van der Waals surface area contributed by atoms with Crippen LogP contribution in [0, 0.1) is 17.2 Å². The second-order valence-electron chi connectivity index (χ2n) is 7.35. The maximum Gasteiger partial charge on any atom is 0.0991 e. The van der Waals surface area contributed by atoms with Gasteiger partial charge < -0.3 is 10.0 Å². The fourth-order valence-electron chi connectivity index (χ4n) is 4.02. The molecule has 1 atom stereocenters. The van der Waals surface area contributed by atoms with Crippen molar-refractivity contribution >= 4 is 0 Å². The number of piperazine rings is 1. The van der Waals surface area contributed by atoms with Crippen LogP contribution in [0.1, 0.15) is 49.3 Å². The Hall–Kier alpha value is -1.41. The first-order chi connectivity index (χ1) is 11.7. The average Bonchev–Trinajstić information content (AvgIpc) is 2.64. The van der Waals surface area contributed by atoms with Gasteiger partial charge in [0.05, 0.1) is 17.7 Å². The first-order valence-electron chi connectivity index (χ1n) is 9.37. The Morgan fingerprint density at radius 1 is 1.00 bits per heavy atom. The predicted molar refractivity (Wildman–Crippen MR) is 95.6 cm³/mol. The SMILES string of the molecule is N#Cc1ccc(C(O)CN2CCN(CC3CCCCC3)CC2)cc1. The van der Waals surface area contributed by atoms with Crippen LogP contribution in [0.4, 0.5) is 0 Å². The summed E-state index contributed by atoms with van der Waals surface area (Å²) in [6.45, 7) is 6.28. The normalized spacial score (nSPS) is 22.2. The molecule has 0 radical (unpaired) electrons. The quantitative estimate of drug-likeness (QED) is 0.903. The Morgan fingerprint density at radius 2 is 1.62 bits per heavy atom. The molecule has 1 unspecified atom stereocenters. The molecule has 0 amide bonds. The molecule has 1 aromatic carbocycles. The molecule has 0 spiro atoms. The lowest BCUT2D eigenvalue weighted by atomic mass is 9.89. The van der Waals surface area contributed by atoms with Crippen LogP contribution in [-0.4, -0.2) is 54.2 Å². The Labute approximate surface area is 145 Å². The summed E-state index contributed by atoms with van der Waals surface area (Å²) < 4.78 is 0. The molecule has 4 nitrogen and oxygen atoms in total. The molecule has 130 valence electrons. The van der Waals surface area contributed by atoms with Gasteiger partial charge in [-0.05, 0) is 36.5 Å². The largest absolute Gasteiger partial charge is 0.387 e. The highest BCUT2D eigenvalue weighted by Gasteiger charge is 2.23. The molecule has 1 N–H and O–H groups in total. The van der Waals surface area contributed by atoms with Gasteiger partial charge in [-0.2, -0.15) is 5.26 Å². The molecule has 24 heavy (non-hydrogen) atoms. The third kappa shape index (κ3) is 4.80. The summed E-state index contributed by atoms with van der Waals surface area (Å²) in [4.78, 5) is 4.97. The van der Waals surface area contributed by atoms with Gasteiger partial charge in [0.2, 0.25) is 0 Å². The van der Waals surface area contributed by atoms with E-state index in [9.17, 15) is 5.11 Å². The molecule has 2 fully saturated rings. The summed E-state index contributed by atoms with van der Waals surface area (Å²) >= 11 is 0. The van der Waals surface area contributed by atoms with Crippen molar-refractivity contribution in [3.8, 4) is 6.07 Å². The molecule has 1 heterocycles. The van der Waals surface area contributed by atoms with Crippen molar-refractivity contribution in [1.82, 2.24) is 9.80 Å². The molecular weight excluding hydrogens is 298 g/mol. The third-order valence-electron chi connectivity index (χ3n) is 5.56. The van der Waals surface area contributed by atoms with Crippen molar-refractivity contribution in [3.63, 3.8) is 0 Å². The van der Waals surface area contributed by atoms with Crippen LogP contribution in [0.5, 0.6) is 0 Å². The topological polar surface area (TPSA) is 50.5 Å². The zero-order chi connectivity index (χ0) is 16.8. The third-order valence-corrected chi connectivity index (χ3v) is 5.56. The second kappa shape index (κ2) is 8.62. The number of aliphatic hydroxyl groups excluding tert-OH is 1. The second-order valence-corrected chi connectivity index (χ2v) is 7.35. The minimum Gasteiger partial charge on any atom is -0.387 e. The van der Waals surface area contributed by atoms with Gasteiger partial charge in [-0.25, -0.2) is 0 Å². The number of aliphatic hydroxyl groups is 1. The van der Waals surface area contributed by atoms with E-state index in [1.54, 1.807) is 12.1 Å². The van der Waals surface area contributed by atoms with Crippen LogP contribution >= 0.6 is 0 Å². The van der Waals surface area contributed by atoms with Crippen LogP contribution in [0.25, 0.3) is 0 Å². The number of nitriles is 1. The maximum absolute atomic E-state index is 10.4. The first-order valence-corrected chi connectivity index (χ1v) is 9.37. The van der Waals surface area contributed by atoms with Crippen molar-refractivity contribution in [2.24, 2.45) is 5.92 Å². The van der Waals surface area contributed by atoms with E-state index in [0.29, 0.717) is 12.1 Å². The Morgan fingerprint density at radius 3 is 2.25 bits per heavy atom. The molecule has 0 bridgehead atoms. The number of rotatable bonds is 5. The first kappa shape index (κ1) is 17.4. The fourth-order valence-corrected chi connectivity index (χ4v) is 4.02. The molecule has 1 aliphatic heterocycles. The molecule has 2 aliphatic rings. The van der Waals surface area contributed by atoms with Crippen molar-refractivity contribution in [3.05, 3.63) is 35.4 Å². The number of benzene rings is 1. The van der Waals surface area contributed by atoms with Crippen LogP contribution < -0.4 is 0 Å². The fraction of sp³-hybridized carbons (Fsp3) is 0.650. The van der Waals surface area contributed by atoms with Crippen molar-refractivity contribution in [2.45, 2.75) is 38.2 Å². The van der Waals surface area contributed by atoms with Gasteiger partial charge in [0.1, 0.15) is 0 Å². The van der Waals surface area contributed by atoms with Crippen molar-refractivity contribution in [1.29, 1.82) is 5.26 Å². The highest BCUT2D eigenvalue weighted by Crippen LogP contribution is 2.25. The van der Waals surface area contributed by atoms with E-state index in [0.717, 1.165) is 37.7 Å². The van der Waals surface area contributed by atoms with E-state index < -0.39 is 6.10 Å². The monoisotopic (exact) mass is 327 g/mol. The van der Waals surface area contributed by atoms with Crippen molar-refractivity contribution < 1.29 is 5.11 Å². The molecule has 1 saturated heterocycles. The lowest BCUT2D eigenvalue weighted by Gasteiger charge is -2.38. The lowest BCUT2D eigenvalue weighted by Crippen LogP contribution is -2.48. The highest BCUT2D eigenvalue weighted by molar-refractivity contribution is 5.32. The molecule has 3 rings (SSSR count). The zero-order valence-corrected chi connectivity index (χ0v) is 14.5. The van der Waals surface area contributed by atoms with E-state index in [1.165, 1.54) is 38.6 Å². The number of β-amino-alcohol motifs (C(OH)–C–C–N with tert-alkyl or cyclic N) is 1. The Kier molecular flexibility index (Phi) is 6.25. The van der Waals surface area contributed by atoms with E-state index >= 15 is 0 Å². The molecular formula is C20H29N3O. The van der Waals surface area contributed by atoms with Crippen LogP contribution in [0.15, 0.2) is 24.3 Å². The summed E-state index contributed by atoms with van der Waals surface area (Å²) in [5.41, 5.74) is 1.54. The van der Waals surface area contributed by atoms with Gasteiger partial charge in [0.15, 0.2) is 0 Å². The molecule has 1 aliphatic carbocycles. The molecule has 4 heteroatoms. The van der Waals surface area contributed by atoms with E-state index in [1.807, 2.05) is 12.1 Å². The van der Waals surface area contributed by atoms with E-state index in [2.05, 4.69) is 15.9 Å². The standard InChI is InChI=1S/C20H29N3O/c21-14-17-6-8-19(9-7-17)20(24)16-23-12-10-22(11-13-23)15-18-4-2-1-3-5-18/h6-9,18,20,24H,1-5,10-13,15-16H2. The number of hydrogen-bond donors (Lipinski definition) is 1. The Balaban J connectivity index is 1.42. The zero-order valence-electron chi connectivity index (χ0n) is 14.5. The number of nitrogens with zero attached hydrogens (tertiary/aromatic N) is 3. The van der Waals surface area contributed by atoms with Gasteiger partial charge in [-0.1, -0.05) is 31.4 Å². The van der Waals surface area contributed by atoms with E-state index in [-0.39, 0.29) is 0 Å². The summed E-state index contributed by atoms with van der Waals surface area (Å²) in [7, 11) is 0. The van der Waals surface area contributed by atoms with Crippen LogP contribution in [0.3, 0.4) is 0 Å². The minimum absolute atomic E-state index is 0.470. The van der Waals surface area contributed by atoms with Gasteiger partial charge in [-0.3, -0.25) is 4.90 Å². The van der Waals surface area contributed by atoms with Crippen LogP contribution in [-0.2, 0) is 0 Å². The maximum atomic E-state index is 10.4. The van der Waals surface area contributed by atoms with Gasteiger partial charge >= 0.3 is 0 Å². The summed E-state index contributed by atoms with van der Waals surface area (Å²) in [6.07, 6.45) is 6.62. The Bertz CT molecular complexity index is 537. The number of hydrogen-bond acceptors (Lipinski definition) is 4. The highest BCUT2D eigenvalue weighted by atomic mass is 16.3. The van der Waals surface area contributed by atoms with Crippen molar-refractivity contribution in [2.75, 3.05) is 39.3 Å². The predicted octanol–water partition coefficient (Wildman–Crippen LogP) is 2.79. The minimum atomic E-state index is -0.470. The lowest BCUT2D eigenvalue weighted by molar-refractivity contribution is 0.0642. The van der Waals surface area contributed by atoms with E-state index in [4.69, 9.17) is 5.26 Å². The smallest absolute Gasteiger partial charge is 0.0991 e. The average molecular weight is 327 g/mol. The summed E-state index contributed by atoms with van der Waals surface area (Å²) in [5, 5.41) is 19.3. The molecule has 1 aromatic rings. The van der Waals surface area contributed by atoms with Crippen LogP contribution in [0.2, 0.25) is 0 Å². The summed E-state index contributed by atoms with van der Waals surface area (Å²) in [6, 6.07) is 9.40.